The third-order valence-electron chi connectivity index (χ3n) is 3.79. The number of anilines is 1. The van der Waals surface area contributed by atoms with Gasteiger partial charge in [-0.15, -0.1) is 0 Å². The Labute approximate surface area is 175 Å². The third-order valence-corrected chi connectivity index (χ3v) is 5.73. The Morgan fingerprint density at radius 2 is 1.82 bits per heavy atom. The first-order valence-electron chi connectivity index (χ1n) is 8.64. The van der Waals surface area contributed by atoms with Gasteiger partial charge in [-0.25, -0.2) is 8.42 Å². The molecule has 0 aliphatic carbocycles. The molecule has 0 fully saturated rings. The third kappa shape index (κ3) is 7.22. The fourth-order valence-corrected chi connectivity index (χ4v) is 3.72. The van der Waals surface area contributed by atoms with Gasteiger partial charge >= 0.3 is 0 Å². The van der Waals surface area contributed by atoms with Crippen molar-refractivity contribution in [2.45, 2.75) is 12.8 Å². The molecule has 0 heterocycles. The van der Waals surface area contributed by atoms with Gasteiger partial charge in [0.15, 0.2) is 0 Å². The van der Waals surface area contributed by atoms with Crippen LogP contribution in [0.2, 0.25) is 10.0 Å². The van der Waals surface area contributed by atoms with Crippen LogP contribution in [0.3, 0.4) is 0 Å². The monoisotopic (exact) mass is 444 g/mol. The number of carbonyl (C=O) groups excluding carboxylic acids is 1. The zero-order chi connectivity index (χ0) is 20.6. The number of ether oxygens (including phenoxy) is 1. The van der Waals surface area contributed by atoms with E-state index >= 15 is 0 Å². The Bertz CT molecular complexity index is 892. The number of benzene rings is 2. The first-order valence-corrected chi connectivity index (χ1v) is 11.2. The molecule has 28 heavy (non-hydrogen) atoms. The summed E-state index contributed by atoms with van der Waals surface area (Å²) in [6.45, 7) is 0.884. The van der Waals surface area contributed by atoms with Crippen molar-refractivity contribution >= 4 is 44.8 Å². The molecule has 0 aliphatic heterocycles. The minimum atomic E-state index is -3.52. The quantitative estimate of drug-likeness (QED) is 0.566. The van der Waals surface area contributed by atoms with Crippen LogP contribution in [0.4, 0.5) is 5.69 Å². The van der Waals surface area contributed by atoms with E-state index in [2.05, 4.69) is 5.32 Å². The molecule has 152 valence electrons. The molecule has 0 aromatic heterocycles. The van der Waals surface area contributed by atoms with Gasteiger partial charge in [0, 0.05) is 13.0 Å². The highest BCUT2D eigenvalue weighted by Crippen LogP contribution is 2.28. The number of sulfonamides is 1. The second kappa shape index (κ2) is 10.5. The average Bonchev–Trinajstić information content (AvgIpc) is 2.65. The lowest BCUT2D eigenvalue weighted by Crippen LogP contribution is -2.32. The summed E-state index contributed by atoms with van der Waals surface area (Å²) in [5, 5.41) is 3.36. The minimum absolute atomic E-state index is 0.157. The van der Waals surface area contributed by atoms with Gasteiger partial charge in [0.1, 0.15) is 12.4 Å². The van der Waals surface area contributed by atoms with Gasteiger partial charge in [-0.3, -0.25) is 9.10 Å². The molecule has 0 spiro atoms. The van der Waals surface area contributed by atoms with E-state index in [1.165, 1.54) is 16.4 Å². The number of nitrogens with zero attached hydrogens (tertiary/aromatic N) is 1. The molecule has 0 unspecified atom stereocenters. The molecule has 0 aliphatic rings. The molecule has 2 aromatic carbocycles. The summed E-state index contributed by atoms with van der Waals surface area (Å²) in [4.78, 5) is 11.9. The van der Waals surface area contributed by atoms with Crippen molar-refractivity contribution in [3.63, 3.8) is 0 Å². The molecule has 1 amide bonds. The van der Waals surface area contributed by atoms with Crippen molar-refractivity contribution in [3.8, 4) is 5.75 Å². The van der Waals surface area contributed by atoms with E-state index in [4.69, 9.17) is 27.9 Å². The summed E-state index contributed by atoms with van der Waals surface area (Å²) in [7, 11) is -3.52. The number of hydrogen-bond acceptors (Lipinski definition) is 4. The van der Waals surface area contributed by atoms with Crippen molar-refractivity contribution in [1.82, 2.24) is 5.32 Å². The van der Waals surface area contributed by atoms with Crippen molar-refractivity contribution in [1.29, 1.82) is 0 Å². The molecule has 0 radical (unpaired) electrons. The largest absolute Gasteiger partial charge is 0.492 e. The Morgan fingerprint density at radius 1 is 1.11 bits per heavy atom. The predicted octanol–water partition coefficient (Wildman–Crippen LogP) is 3.73. The number of amides is 1. The zero-order valence-corrected chi connectivity index (χ0v) is 17.7. The second-order valence-electron chi connectivity index (χ2n) is 6.05. The second-order valence-corrected chi connectivity index (χ2v) is 8.77. The highest BCUT2D eigenvalue weighted by Gasteiger charge is 2.18. The van der Waals surface area contributed by atoms with E-state index < -0.39 is 10.0 Å². The van der Waals surface area contributed by atoms with Crippen LogP contribution in [-0.2, 0) is 14.8 Å². The zero-order valence-electron chi connectivity index (χ0n) is 15.4. The molecule has 2 aromatic rings. The number of rotatable bonds is 10. The number of carbonyl (C=O) groups is 1. The SMILES string of the molecule is CS(=O)(=O)N(CCCC(=O)NCCOc1ccccc1)c1ccc(Cl)c(Cl)c1. The molecule has 2 rings (SSSR count). The minimum Gasteiger partial charge on any atom is -0.492 e. The summed E-state index contributed by atoms with van der Waals surface area (Å²) >= 11 is 11.9. The van der Waals surface area contributed by atoms with Crippen molar-refractivity contribution in [2.24, 2.45) is 0 Å². The van der Waals surface area contributed by atoms with Crippen LogP contribution in [0.15, 0.2) is 48.5 Å². The maximum Gasteiger partial charge on any atom is 0.232 e. The fourth-order valence-electron chi connectivity index (χ4n) is 2.47. The topological polar surface area (TPSA) is 75.7 Å². The van der Waals surface area contributed by atoms with Crippen molar-refractivity contribution < 1.29 is 17.9 Å². The van der Waals surface area contributed by atoms with Crippen molar-refractivity contribution in [2.75, 3.05) is 30.3 Å². The summed E-state index contributed by atoms with van der Waals surface area (Å²) in [6.07, 6.45) is 1.66. The molecule has 0 bridgehead atoms. The lowest BCUT2D eigenvalue weighted by molar-refractivity contribution is -0.121. The van der Waals surface area contributed by atoms with Gasteiger partial charge in [0.2, 0.25) is 15.9 Å². The van der Waals surface area contributed by atoms with Gasteiger partial charge in [0.25, 0.3) is 0 Å². The highest BCUT2D eigenvalue weighted by atomic mass is 35.5. The number of para-hydroxylation sites is 1. The molecule has 9 heteroatoms. The molecule has 6 nitrogen and oxygen atoms in total. The van der Waals surface area contributed by atoms with Crippen LogP contribution in [0, 0.1) is 0 Å². The molecular weight excluding hydrogens is 423 g/mol. The van der Waals surface area contributed by atoms with Gasteiger partial charge in [-0.1, -0.05) is 41.4 Å². The van der Waals surface area contributed by atoms with Crippen LogP contribution < -0.4 is 14.4 Å². The highest BCUT2D eigenvalue weighted by molar-refractivity contribution is 7.92. The smallest absolute Gasteiger partial charge is 0.232 e. The van der Waals surface area contributed by atoms with Gasteiger partial charge in [-0.2, -0.15) is 0 Å². The standard InChI is InChI=1S/C19H22Cl2N2O4S/c1-28(25,26)23(15-9-10-17(20)18(21)14-15)12-5-8-19(24)22-11-13-27-16-6-3-2-4-7-16/h2-4,6-7,9-10,14H,5,8,11-13H2,1H3,(H,22,24). The van der Waals surface area contributed by atoms with Crippen LogP contribution in [-0.4, -0.2) is 40.3 Å². The van der Waals surface area contributed by atoms with Gasteiger partial charge in [-0.05, 0) is 36.8 Å². The maximum absolute atomic E-state index is 12.1. The Morgan fingerprint density at radius 3 is 2.46 bits per heavy atom. The Hall–Kier alpha value is -1.96. The Kier molecular flexibility index (Phi) is 8.41. The van der Waals surface area contributed by atoms with E-state index in [0.717, 1.165) is 12.0 Å². The summed E-state index contributed by atoms with van der Waals surface area (Å²) in [5.41, 5.74) is 0.411. The first kappa shape index (κ1) is 22.3. The van der Waals surface area contributed by atoms with Crippen LogP contribution in [0.25, 0.3) is 0 Å². The van der Waals surface area contributed by atoms with E-state index in [0.29, 0.717) is 30.3 Å². The van der Waals surface area contributed by atoms with Crippen LogP contribution in [0.5, 0.6) is 5.75 Å². The molecule has 0 saturated heterocycles. The predicted molar refractivity (Wildman–Crippen MR) is 113 cm³/mol. The van der Waals surface area contributed by atoms with E-state index in [1.807, 2.05) is 30.3 Å². The summed E-state index contributed by atoms with van der Waals surface area (Å²) < 4.78 is 30.9. The normalized spacial score (nSPS) is 11.1. The summed E-state index contributed by atoms with van der Waals surface area (Å²) in [6, 6.07) is 13.9. The lowest BCUT2D eigenvalue weighted by atomic mass is 10.2. The number of hydrogen-bond donors (Lipinski definition) is 1. The Balaban J connectivity index is 1.78. The average molecular weight is 445 g/mol. The van der Waals surface area contributed by atoms with Gasteiger partial charge in [0.05, 0.1) is 28.5 Å². The van der Waals surface area contributed by atoms with Gasteiger partial charge < -0.3 is 10.1 Å². The van der Waals surface area contributed by atoms with Crippen LogP contribution in [0.1, 0.15) is 12.8 Å². The van der Waals surface area contributed by atoms with Crippen molar-refractivity contribution in [3.05, 3.63) is 58.6 Å². The van der Waals surface area contributed by atoms with Crippen LogP contribution >= 0.6 is 23.2 Å². The lowest BCUT2D eigenvalue weighted by Gasteiger charge is -2.22. The molecule has 0 saturated carbocycles. The first-order chi connectivity index (χ1) is 13.3. The fraction of sp³-hybridized carbons (Fsp3) is 0.316. The number of nitrogens with one attached hydrogen (secondary N) is 1. The maximum atomic E-state index is 12.1. The summed E-state index contributed by atoms with van der Waals surface area (Å²) in [5.74, 6) is 0.571. The van der Waals surface area contributed by atoms with E-state index in [1.54, 1.807) is 6.07 Å². The molecule has 0 atom stereocenters. The van der Waals surface area contributed by atoms with E-state index in [9.17, 15) is 13.2 Å². The molecular formula is C19H22Cl2N2O4S. The number of halogens is 2. The molecule has 1 N–H and O–H groups in total. The van der Waals surface area contributed by atoms with E-state index in [-0.39, 0.29) is 23.9 Å².